The number of benzene rings is 1. The molecular formula is C25H24N4OS. The van der Waals surface area contributed by atoms with Crippen LogP contribution in [0.4, 0.5) is 5.82 Å². The molecule has 4 aromatic rings. The molecule has 1 amide bonds. The molecule has 4 heterocycles. The first-order valence-corrected chi connectivity index (χ1v) is 11.4. The molecule has 1 aliphatic rings. The smallest absolute Gasteiger partial charge is 0.266 e. The van der Waals surface area contributed by atoms with E-state index in [4.69, 9.17) is 4.98 Å². The van der Waals surface area contributed by atoms with Gasteiger partial charge >= 0.3 is 0 Å². The molecule has 31 heavy (non-hydrogen) atoms. The van der Waals surface area contributed by atoms with Crippen LogP contribution in [0.1, 0.15) is 27.2 Å². The minimum atomic E-state index is -0.120. The maximum absolute atomic E-state index is 12.4. The van der Waals surface area contributed by atoms with Crippen molar-refractivity contribution in [3.63, 3.8) is 0 Å². The van der Waals surface area contributed by atoms with Crippen LogP contribution in [0, 0.1) is 0 Å². The summed E-state index contributed by atoms with van der Waals surface area (Å²) < 4.78 is 0. The summed E-state index contributed by atoms with van der Waals surface area (Å²) in [5, 5.41) is 4.81. The fraction of sp³-hybridized carbons (Fsp3) is 0.200. The van der Waals surface area contributed by atoms with Crippen molar-refractivity contribution in [1.82, 2.24) is 14.9 Å². The lowest BCUT2D eigenvalue weighted by Crippen LogP contribution is -2.30. The number of H-pyrrole nitrogens is 1. The van der Waals surface area contributed by atoms with E-state index in [1.807, 2.05) is 35.8 Å². The minimum Gasteiger partial charge on any atom is -0.359 e. The summed E-state index contributed by atoms with van der Waals surface area (Å²) in [5.74, 6) is 0.456. The van der Waals surface area contributed by atoms with E-state index in [1.165, 1.54) is 22.5 Å². The molecule has 5 rings (SSSR count). The van der Waals surface area contributed by atoms with E-state index >= 15 is 0 Å². The van der Waals surface area contributed by atoms with Crippen LogP contribution in [0.3, 0.4) is 0 Å². The van der Waals surface area contributed by atoms with E-state index in [0.717, 1.165) is 49.1 Å². The first-order valence-electron chi connectivity index (χ1n) is 10.5. The molecule has 1 aromatic carbocycles. The monoisotopic (exact) mass is 428 g/mol. The Morgan fingerprint density at radius 3 is 2.81 bits per heavy atom. The molecule has 5 nitrogen and oxygen atoms in total. The van der Waals surface area contributed by atoms with Crippen molar-refractivity contribution in [1.29, 1.82) is 0 Å². The van der Waals surface area contributed by atoms with Gasteiger partial charge in [0.15, 0.2) is 0 Å². The second-order valence-electron chi connectivity index (χ2n) is 7.74. The van der Waals surface area contributed by atoms with Crippen LogP contribution in [0.15, 0.2) is 72.3 Å². The van der Waals surface area contributed by atoms with Crippen LogP contribution in [0.2, 0.25) is 0 Å². The molecule has 1 aliphatic heterocycles. The van der Waals surface area contributed by atoms with Crippen molar-refractivity contribution in [2.75, 3.05) is 25.0 Å². The first kappa shape index (κ1) is 19.7. The van der Waals surface area contributed by atoms with E-state index in [1.54, 1.807) is 0 Å². The maximum atomic E-state index is 12.4. The molecule has 0 atom stereocenters. The lowest BCUT2D eigenvalue weighted by atomic mass is 10.0. The molecule has 0 saturated carbocycles. The number of anilines is 1. The van der Waals surface area contributed by atoms with Gasteiger partial charge in [0.1, 0.15) is 5.82 Å². The number of carbonyl (C=O) groups is 1. The third-order valence-electron chi connectivity index (χ3n) is 5.71. The molecule has 0 unspecified atom stereocenters. The highest BCUT2D eigenvalue weighted by Gasteiger charge is 2.17. The van der Waals surface area contributed by atoms with E-state index in [0.29, 0.717) is 10.7 Å². The van der Waals surface area contributed by atoms with Crippen molar-refractivity contribution in [2.24, 2.45) is 0 Å². The number of nitrogens with one attached hydrogen (secondary N) is 2. The average Bonchev–Trinajstić information content (AvgIpc) is 3.49. The summed E-state index contributed by atoms with van der Waals surface area (Å²) in [6.07, 6.45) is 6.42. The molecule has 0 fully saturated rings. The van der Waals surface area contributed by atoms with Crippen LogP contribution < -0.4 is 5.32 Å². The number of carbonyl (C=O) groups excluding carboxylic acids is 1. The van der Waals surface area contributed by atoms with Crippen molar-refractivity contribution in [3.8, 4) is 0 Å². The molecule has 0 saturated heterocycles. The molecule has 3 aromatic heterocycles. The minimum absolute atomic E-state index is 0.120. The molecule has 6 heteroatoms. The lowest BCUT2D eigenvalue weighted by Gasteiger charge is -2.26. The normalized spacial score (nSPS) is 14.5. The van der Waals surface area contributed by atoms with Gasteiger partial charge in [-0.2, -0.15) is 0 Å². The molecular weight excluding hydrogens is 404 g/mol. The molecule has 2 N–H and O–H groups in total. The molecule has 0 aliphatic carbocycles. The summed E-state index contributed by atoms with van der Waals surface area (Å²) >= 11 is 1.42. The number of aromatic nitrogens is 2. The van der Waals surface area contributed by atoms with Gasteiger partial charge in [0, 0.05) is 31.4 Å². The largest absolute Gasteiger partial charge is 0.359 e. The number of fused-ring (bicyclic) bond motifs is 1. The summed E-state index contributed by atoms with van der Waals surface area (Å²) in [5.41, 5.74) is 5.72. The Kier molecular flexibility index (Phi) is 5.65. The molecule has 0 radical (unpaired) electrons. The second kappa shape index (κ2) is 8.88. The molecule has 156 valence electrons. The van der Waals surface area contributed by atoms with Crippen LogP contribution in [-0.4, -0.2) is 40.4 Å². The highest BCUT2D eigenvalue weighted by atomic mass is 32.1. The molecule has 0 spiro atoms. The quantitative estimate of drug-likeness (QED) is 0.443. The van der Waals surface area contributed by atoms with Gasteiger partial charge in [0.25, 0.3) is 5.91 Å². The Balaban J connectivity index is 1.28. The van der Waals surface area contributed by atoms with E-state index < -0.39 is 0 Å². The van der Waals surface area contributed by atoms with E-state index in [9.17, 15) is 4.79 Å². The third kappa shape index (κ3) is 4.45. The van der Waals surface area contributed by atoms with Gasteiger partial charge in [-0.15, -0.1) is 11.3 Å². The number of hydrogen-bond donors (Lipinski definition) is 2. The first-order chi connectivity index (χ1) is 15.3. The van der Waals surface area contributed by atoms with Gasteiger partial charge in [0.2, 0.25) is 0 Å². The van der Waals surface area contributed by atoms with Gasteiger partial charge in [-0.1, -0.05) is 42.5 Å². The SMILES string of the molecule is O=C(Nc1ccc2[nH]cc(C3=CCN(CCc4ccccc4)CC3)c2n1)c1cccs1. The van der Waals surface area contributed by atoms with Crippen molar-refractivity contribution < 1.29 is 4.79 Å². The van der Waals surface area contributed by atoms with E-state index in [-0.39, 0.29) is 5.91 Å². The van der Waals surface area contributed by atoms with Gasteiger partial charge in [-0.05, 0) is 47.6 Å². The summed E-state index contributed by atoms with van der Waals surface area (Å²) in [6, 6.07) is 18.2. The van der Waals surface area contributed by atoms with Gasteiger partial charge in [0.05, 0.1) is 15.9 Å². The van der Waals surface area contributed by atoms with Gasteiger partial charge in [-0.3, -0.25) is 9.69 Å². The zero-order valence-corrected chi connectivity index (χ0v) is 18.0. The number of hydrogen-bond acceptors (Lipinski definition) is 4. The van der Waals surface area contributed by atoms with Gasteiger partial charge < -0.3 is 10.3 Å². The predicted molar refractivity (Wildman–Crippen MR) is 128 cm³/mol. The third-order valence-corrected chi connectivity index (χ3v) is 6.58. The number of nitrogens with zero attached hydrogens (tertiary/aromatic N) is 2. The summed E-state index contributed by atoms with van der Waals surface area (Å²) in [7, 11) is 0. The van der Waals surface area contributed by atoms with Crippen LogP contribution >= 0.6 is 11.3 Å². The van der Waals surface area contributed by atoms with Crippen molar-refractivity contribution >= 4 is 39.7 Å². The Labute approximate surface area is 185 Å². The highest BCUT2D eigenvalue weighted by Crippen LogP contribution is 2.29. The van der Waals surface area contributed by atoms with Crippen molar-refractivity contribution in [3.05, 3.63) is 88.3 Å². The number of pyridine rings is 1. The Bertz CT molecular complexity index is 1210. The highest BCUT2D eigenvalue weighted by molar-refractivity contribution is 7.12. The zero-order chi connectivity index (χ0) is 21.0. The lowest BCUT2D eigenvalue weighted by molar-refractivity contribution is 0.103. The number of amides is 1. The van der Waals surface area contributed by atoms with E-state index in [2.05, 4.69) is 51.6 Å². The molecule has 0 bridgehead atoms. The Hall–Kier alpha value is -3.22. The second-order valence-corrected chi connectivity index (χ2v) is 8.69. The number of rotatable bonds is 6. The Morgan fingerprint density at radius 1 is 1.13 bits per heavy atom. The zero-order valence-electron chi connectivity index (χ0n) is 17.2. The van der Waals surface area contributed by atoms with Crippen molar-refractivity contribution in [2.45, 2.75) is 12.8 Å². The Morgan fingerprint density at radius 2 is 2.03 bits per heavy atom. The number of aromatic amines is 1. The van der Waals surface area contributed by atoms with Crippen LogP contribution in [0.25, 0.3) is 16.6 Å². The standard InChI is InChI=1S/C25H24N4OS/c30-25(22-7-4-16-31-22)28-23-9-8-21-24(27-23)20(17-26-21)19-11-14-29(15-12-19)13-10-18-5-2-1-3-6-18/h1-9,11,16-17,26H,10,12-15H2,(H,27,28,30). The fourth-order valence-electron chi connectivity index (χ4n) is 3.99. The number of thiophene rings is 1. The summed E-state index contributed by atoms with van der Waals surface area (Å²) in [6.45, 7) is 3.06. The van der Waals surface area contributed by atoms with Crippen LogP contribution in [-0.2, 0) is 6.42 Å². The van der Waals surface area contributed by atoms with Crippen LogP contribution in [0.5, 0.6) is 0 Å². The summed E-state index contributed by atoms with van der Waals surface area (Å²) in [4.78, 5) is 23.6. The average molecular weight is 429 g/mol. The van der Waals surface area contributed by atoms with Gasteiger partial charge in [-0.25, -0.2) is 4.98 Å². The topological polar surface area (TPSA) is 61.0 Å². The maximum Gasteiger partial charge on any atom is 0.266 e. The predicted octanol–water partition coefficient (Wildman–Crippen LogP) is 5.21. The fourth-order valence-corrected chi connectivity index (χ4v) is 4.61.